The minimum atomic E-state index is 0.112. The summed E-state index contributed by atoms with van der Waals surface area (Å²) in [5.74, 6) is 0.848. The zero-order valence-electron chi connectivity index (χ0n) is 10.7. The lowest BCUT2D eigenvalue weighted by molar-refractivity contribution is 0.421. The van der Waals surface area contributed by atoms with E-state index in [1.165, 1.54) is 0 Å². The second-order valence-electron chi connectivity index (χ2n) is 4.92. The second kappa shape index (κ2) is 5.80. The van der Waals surface area contributed by atoms with Crippen LogP contribution in [0.2, 0.25) is 0 Å². The summed E-state index contributed by atoms with van der Waals surface area (Å²) in [6.07, 6.45) is 4.70. The summed E-state index contributed by atoms with van der Waals surface area (Å²) >= 11 is 0. The number of nitrogens with one attached hydrogen (secondary N) is 2. The van der Waals surface area contributed by atoms with E-state index in [9.17, 15) is 0 Å². The Hall–Kier alpha value is -1.16. The SMILES string of the molecule is CCCNc1cnc(CNC(C)(C)C)cn1. The van der Waals surface area contributed by atoms with E-state index >= 15 is 0 Å². The zero-order chi connectivity index (χ0) is 12.0. The third kappa shape index (κ3) is 5.07. The Morgan fingerprint density at radius 2 is 1.94 bits per heavy atom. The van der Waals surface area contributed by atoms with Crippen LogP contribution in [-0.2, 0) is 6.54 Å². The number of anilines is 1. The van der Waals surface area contributed by atoms with Crippen molar-refractivity contribution in [3.05, 3.63) is 18.1 Å². The molecular formula is C12H22N4. The van der Waals surface area contributed by atoms with E-state index in [4.69, 9.17) is 0 Å². The van der Waals surface area contributed by atoms with Crippen LogP contribution < -0.4 is 10.6 Å². The molecule has 0 aliphatic rings. The van der Waals surface area contributed by atoms with Gasteiger partial charge in [0.1, 0.15) is 5.82 Å². The fourth-order valence-electron chi connectivity index (χ4n) is 1.15. The van der Waals surface area contributed by atoms with Gasteiger partial charge in [-0.1, -0.05) is 6.92 Å². The van der Waals surface area contributed by atoms with Gasteiger partial charge >= 0.3 is 0 Å². The molecule has 4 nitrogen and oxygen atoms in total. The minimum absolute atomic E-state index is 0.112. The van der Waals surface area contributed by atoms with Crippen LogP contribution in [0.3, 0.4) is 0 Å². The van der Waals surface area contributed by atoms with Crippen molar-refractivity contribution in [2.45, 2.75) is 46.2 Å². The van der Waals surface area contributed by atoms with Gasteiger partial charge in [-0.3, -0.25) is 4.98 Å². The summed E-state index contributed by atoms with van der Waals surface area (Å²) in [5, 5.41) is 6.58. The maximum Gasteiger partial charge on any atom is 0.144 e. The largest absolute Gasteiger partial charge is 0.369 e. The van der Waals surface area contributed by atoms with E-state index in [1.807, 2.05) is 6.20 Å². The molecule has 2 N–H and O–H groups in total. The Bertz CT molecular complexity index is 300. The van der Waals surface area contributed by atoms with Gasteiger partial charge in [-0.15, -0.1) is 0 Å². The highest BCUT2D eigenvalue weighted by Gasteiger charge is 2.08. The van der Waals surface area contributed by atoms with Crippen molar-refractivity contribution in [1.82, 2.24) is 15.3 Å². The van der Waals surface area contributed by atoms with E-state index in [2.05, 4.69) is 48.3 Å². The van der Waals surface area contributed by atoms with Gasteiger partial charge in [0.25, 0.3) is 0 Å². The zero-order valence-corrected chi connectivity index (χ0v) is 10.7. The molecular weight excluding hydrogens is 200 g/mol. The minimum Gasteiger partial charge on any atom is -0.369 e. The van der Waals surface area contributed by atoms with Crippen LogP contribution in [0.4, 0.5) is 5.82 Å². The molecule has 90 valence electrons. The van der Waals surface area contributed by atoms with Crippen molar-refractivity contribution in [2.75, 3.05) is 11.9 Å². The summed E-state index contributed by atoms with van der Waals surface area (Å²) in [6.45, 7) is 10.2. The predicted molar refractivity (Wildman–Crippen MR) is 67.4 cm³/mol. The fourth-order valence-corrected chi connectivity index (χ4v) is 1.15. The van der Waals surface area contributed by atoms with Gasteiger partial charge in [-0.2, -0.15) is 0 Å². The predicted octanol–water partition coefficient (Wildman–Crippen LogP) is 2.19. The summed E-state index contributed by atoms with van der Waals surface area (Å²) in [4.78, 5) is 8.65. The first kappa shape index (κ1) is 12.9. The van der Waals surface area contributed by atoms with Crippen molar-refractivity contribution in [2.24, 2.45) is 0 Å². The summed E-state index contributed by atoms with van der Waals surface area (Å²) in [7, 11) is 0. The smallest absolute Gasteiger partial charge is 0.144 e. The van der Waals surface area contributed by atoms with Gasteiger partial charge in [0.05, 0.1) is 18.1 Å². The molecule has 0 fully saturated rings. The van der Waals surface area contributed by atoms with Crippen LogP contribution in [0.15, 0.2) is 12.4 Å². The van der Waals surface area contributed by atoms with Gasteiger partial charge in [0.2, 0.25) is 0 Å². The maximum absolute atomic E-state index is 4.35. The molecule has 1 aromatic heterocycles. The normalized spacial score (nSPS) is 11.5. The molecule has 0 aliphatic heterocycles. The summed E-state index contributed by atoms with van der Waals surface area (Å²) < 4.78 is 0. The highest BCUT2D eigenvalue weighted by molar-refractivity contribution is 5.30. The van der Waals surface area contributed by atoms with E-state index in [0.29, 0.717) is 0 Å². The van der Waals surface area contributed by atoms with E-state index < -0.39 is 0 Å². The maximum atomic E-state index is 4.35. The Kier molecular flexibility index (Phi) is 4.68. The first-order valence-corrected chi connectivity index (χ1v) is 5.81. The van der Waals surface area contributed by atoms with Crippen molar-refractivity contribution in [3.8, 4) is 0 Å². The number of nitrogens with zero attached hydrogens (tertiary/aromatic N) is 2. The van der Waals surface area contributed by atoms with Gasteiger partial charge < -0.3 is 10.6 Å². The Morgan fingerprint density at radius 1 is 1.19 bits per heavy atom. The third-order valence-corrected chi connectivity index (χ3v) is 2.06. The quantitative estimate of drug-likeness (QED) is 0.802. The highest BCUT2D eigenvalue weighted by Crippen LogP contribution is 2.04. The summed E-state index contributed by atoms with van der Waals surface area (Å²) in [5.41, 5.74) is 1.08. The molecule has 0 radical (unpaired) electrons. The molecule has 4 heteroatoms. The van der Waals surface area contributed by atoms with E-state index in [0.717, 1.165) is 31.0 Å². The number of hydrogen-bond donors (Lipinski definition) is 2. The fraction of sp³-hybridized carbons (Fsp3) is 0.667. The lowest BCUT2D eigenvalue weighted by Crippen LogP contribution is -2.35. The highest BCUT2D eigenvalue weighted by atomic mass is 15.0. The molecule has 0 unspecified atom stereocenters. The Morgan fingerprint density at radius 3 is 2.44 bits per heavy atom. The second-order valence-corrected chi connectivity index (χ2v) is 4.92. The number of aromatic nitrogens is 2. The van der Waals surface area contributed by atoms with Crippen LogP contribution in [0.25, 0.3) is 0 Å². The topological polar surface area (TPSA) is 49.8 Å². The molecule has 0 aliphatic carbocycles. The molecule has 0 aromatic carbocycles. The van der Waals surface area contributed by atoms with Crippen molar-refractivity contribution in [1.29, 1.82) is 0 Å². The third-order valence-electron chi connectivity index (χ3n) is 2.06. The van der Waals surface area contributed by atoms with E-state index in [1.54, 1.807) is 6.20 Å². The van der Waals surface area contributed by atoms with Crippen LogP contribution >= 0.6 is 0 Å². The Labute approximate surface area is 97.9 Å². The van der Waals surface area contributed by atoms with Crippen molar-refractivity contribution >= 4 is 5.82 Å². The molecule has 0 bridgehead atoms. The van der Waals surface area contributed by atoms with Crippen molar-refractivity contribution < 1.29 is 0 Å². The molecule has 0 amide bonds. The van der Waals surface area contributed by atoms with E-state index in [-0.39, 0.29) is 5.54 Å². The van der Waals surface area contributed by atoms with Gasteiger partial charge in [-0.25, -0.2) is 4.98 Å². The lowest BCUT2D eigenvalue weighted by atomic mass is 10.1. The van der Waals surface area contributed by atoms with Crippen molar-refractivity contribution in [3.63, 3.8) is 0 Å². The average molecular weight is 222 g/mol. The van der Waals surface area contributed by atoms with Gasteiger partial charge in [0, 0.05) is 18.6 Å². The monoisotopic (exact) mass is 222 g/mol. The number of rotatable bonds is 5. The molecule has 16 heavy (non-hydrogen) atoms. The molecule has 1 heterocycles. The molecule has 0 saturated heterocycles. The van der Waals surface area contributed by atoms with Gasteiger partial charge in [0.15, 0.2) is 0 Å². The lowest BCUT2D eigenvalue weighted by Gasteiger charge is -2.19. The molecule has 0 spiro atoms. The first-order chi connectivity index (χ1) is 7.51. The Balaban J connectivity index is 2.45. The molecule has 0 saturated carbocycles. The molecule has 0 atom stereocenters. The van der Waals surface area contributed by atoms with Gasteiger partial charge in [-0.05, 0) is 27.2 Å². The first-order valence-electron chi connectivity index (χ1n) is 5.81. The standard InChI is InChI=1S/C12H22N4/c1-5-6-13-11-9-14-10(7-15-11)8-16-12(2,3)4/h7,9,16H,5-6,8H2,1-4H3,(H,13,15). The van der Waals surface area contributed by atoms with Crippen LogP contribution in [-0.4, -0.2) is 22.1 Å². The van der Waals surface area contributed by atoms with Crippen LogP contribution in [0.5, 0.6) is 0 Å². The van der Waals surface area contributed by atoms with Crippen LogP contribution in [0, 0.1) is 0 Å². The average Bonchev–Trinajstić information content (AvgIpc) is 2.24. The number of hydrogen-bond acceptors (Lipinski definition) is 4. The molecule has 1 rings (SSSR count). The molecule has 1 aromatic rings. The van der Waals surface area contributed by atoms with Crippen LogP contribution in [0.1, 0.15) is 39.8 Å². The summed E-state index contributed by atoms with van der Waals surface area (Å²) in [6, 6.07) is 0.